The number of nitrogens with zero attached hydrogens (tertiary/aromatic N) is 3. The van der Waals surface area contributed by atoms with Gasteiger partial charge in [0.2, 0.25) is 5.91 Å². The number of imidazole rings is 1. The molecule has 1 amide bonds. The van der Waals surface area contributed by atoms with E-state index in [9.17, 15) is 4.79 Å². The second-order valence-corrected chi connectivity index (χ2v) is 5.50. The minimum atomic E-state index is 0.154. The molecule has 1 aromatic rings. The molecule has 2 aliphatic rings. The van der Waals surface area contributed by atoms with Crippen LogP contribution < -0.4 is 5.32 Å². The lowest BCUT2D eigenvalue weighted by atomic mass is 10.1. The first-order valence-corrected chi connectivity index (χ1v) is 7.41. The van der Waals surface area contributed by atoms with Crippen molar-refractivity contribution in [1.82, 2.24) is 19.8 Å². The molecule has 0 saturated carbocycles. The fraction of sp³-hybridized carbons (Fsp3) is 0.714. The van der Waals surface area contributed by atoms with Crippen LogP contribution in [0.5, 0.6) is 0 Å². The Morgan fingerprint density at radius 1 is 1.40 bits per heavy atom. The Kier molecular flexibility index (Phi) is 4.32. The average molecular weight is 278 g/mol. The van der Waals surface area contributed by atoms with Crippen LogP contribution in [-0.4, -0.2) is 59.2 Å². The lowest BCUT2D eigenvalue weighted by Gasteiger charge is -2.27. The maximum atomic E-state index is 12.0. The molecule has 1 unspecified atom stereocenters. The summed E-state index contributed by atoms with van der Waals surface area (Å²) in [6.07, 6.45) is 6.25. The Morgan fingerprint density at radius 2 is 2.25 bits per heavy atom. The van der Waals surface area contributed by atoms with E-state index in [1.165, 1.54) is 0 Å². The van der Waals surface area contributed by atoms with Crippen molar-refractivity contribution < 1.29 is 9.53 Å². The molecule has 1 N–H and O–H groups in total. The van der Waals surface area contributed by atoms with Gasteiger partial charge in [-0.15, -0.1) is 0 Å². The Labute approximate surface area is 119 Å². The van der Waals surface area contributed by atoms with E-state index < -0.39 is 0 Å². The minimum absolute atomic E-state index is 0.154. The second-order valence-electron chi connectivity index (χ2n) is 5.50. The van der Waals surface area contributed by atoms with E-state index in [1.807, 2.05) is 12.4 Å². The van der Waals surface area contributed by atoms with E-state index in [0.717, 1.165) is 58.1 Å². The number of ether oxygens (including phenoxy) is 1. The quantitative estimate of drug-likeness (QED) is 0.844. The molecule has 0 spiro atoms. The first-order chi connectivity index (χ1) is 9.81. The van der Waals surface area contributed by atoms with Gasteiger partial charge in [0, 0.05) is 57.5 Å². The van der Waals surface area contributed by atoms with Crippen LogP contribution in [0.3, 0.4) is 0 Å². The number of fused-ring (bicyclic) bond motifs is 1. The third-order valence-corrected chi connectivity index (χ3v) is 4.07. The largest absolute Gasteiger partial charge is 0.379 e. The number of amides is 1. The normalized spacial score (nSPS) is 23.3. The summed E-state index contributed by atoms with van der Waals surface area (Å²) in [4.78, 5) is 18.6. The average Bonchev–Trinajstić information content (AvgIpc) is 2.94. The molecular weight excluding hydrogens is 256 g/mol. The first kappa shape index (κ1) is 13.6. The standard InChI is InChI=1S/C14H22N4O2/c19-14(2-4-17-7-9-20-10-8-17)16-12-1-5-18-6-3-15-13(18)11-12/h3,6,12H,1-2,4-5,7-11H2,(H,16,19). The zero-order valence-corrected chi connectivity index (χ0v) is 11.8. The number of rotatable bonds is 4. The van der Waals surface area contributed by atoms with Gasteiger partial charge in [-0.1, -0.05) is 0 Å². The summed E-state index contributed by atoms with van der Waals surface area (Å²) in [6, 6.07) is 0.238. The lowest BCUT2D eigenvalue weighted by molar-refractivity contribution is -0.122. The van der Waals surface area contributed by atoms with Crippen molar-refractivity contribution in [3.8, 4) is 0 Å². The molecule has 3 rings (SSSR count). The van der Waals surface area contributed by atoms with Gasteiger partial charge in [-0.25, -0.2) is 4.98 Å². The van der Waals surface area contributed by atoms with E-state index in [4.69, 9.17) is 4.74 Å². The van der Waals surface area contributed by atoms with Crippen molar-refractivity contribution in [2.24, 2.45) is 0 Å². The number of carbonyl (C=O) groups is 1. The Bertz CT molecular complexity index is 454. The highest BCUT2D eigenvalue weighted by Gasteiger charge is 2.21. The molecule has 6 heteroatoms. The Balaban J connectivity index is 1.41. The molecule has 1 saturated heterocycles. The molecule has 110 valence electrons. The van der Waals surface area contributed by atoms with Gasteiger partial charge >= 0.3 is 0 Å². The van der Waals surface area contributed by atoms with Gasteiger partial charge in [0.05, 0.1) is 13.2 Å². The summed E-state index contributed by atoms with van der Waals surface area (Å²) >= 11 is 0. The molecule has 20 heavy (non-hydrogen) atoms. The van der Waals surface area contributed by atoms with Gasteiger partial charge in [-0.2, -0.15) is 0 Å². The van der Waals surface area contributed by atoms with Crippen molar-refractivity contribution in [2.75, 3.05) is 32.8 Å². The van der Waals surface area contributed by atoms with E-state index in [1.54, 1.807) is 0 Å². The zero-order valence-electron chi connectivity index (χ0n) is 11.8. The van der Waals surface area contributed by atoms with E-state index in [2.05, 4.69) is 19.8 Å². The van der Waals surface area contributed by atoms with Crippen LogP contribution in [0.15, 0.2) is 12.4 Å². The van der Waals surface area contributed by atoms with Crippen molar-refractivity contribution >= 4 is 5.91 Å². The van der Waals surface area contributed by atoms with Crippen LogP contribution in [0.2, 0.25) is 0 Å². The molecule has 3 heterocycles. The van der Waals surface area contributed by atoms with Crippen LogP contribution in [0.25, 0.3) is 0 Å². The van der Waals surface area contributed by atoms with Crippen LogP contribution in [-0.2, 0) is 22.5 Å². The molecular formula is C14H22N4O2. The molecule has 0 radical (unpaired) electrons. The van der Waals surface area contributed by atoms with E-state index >= 15 is 0 Å². The fourth-order valence-electron chi connectivity index (χ4n) is 2.86. The minimum Gasteiger partial charge on any atom is -0.379 e. The number of nitrogens with one attached hydrogen (secondary N) is 1. The van der Waals surface area contributed by atoms with Crippen LogP contribution >= 0.6 is 0 Å². The fourth-order valence-corrected chi connectivity index (χ4v) is 2.86. The topological polar surface area (TPSA) is 59.4 Å². The van der Waals surface area contributed by atoms with Gasteiger partial charge in [0.1, 0.15) is 5.82 Å². The summed E-state index contributed by atoms with van der Waals surface area (Å²) in [7, 11) is 0. The summed E-state index contributed by atoms with van der Waals surface area (Å²) in [6.45, 7) is 5.22. The van der Waals surface area contributed by atoms with E-state index in [0.29, 0.717) is 6.42 Å². The van der Waals surface area contributed by atoms with Crippen LogP contribution in [0.4, 0.5) is 0 Å². The van der Waals surface area contributed by atoms with Gasteiger partial charge in [0.25, 0.3) is 0 Å². The number of hydrogen-bond acceptors (Lipinski definition) is 4. The SMILES string of the molecule is O=C(CCN1CCOCC1)NC1CCn2ccnc2C1. The highest BCUT2D eigenvalue weighted by Crippen LogP contribution is 2.13. The van der Waals surface area contributed by atoms with Crippen LogP contribution in [0, 0.1) is 0 Å². The monoisotopic (exact) mass is 278 g/mol. The molecule has 1 aromatic heterocycles. The van der Waals surface area contributed by atoms with Gasteiger partial charge in [-0.3, -0.25) is 9.69 Å². The number of hydrogen-bond donors (Lipinski definition) is 1. The molecule has 1 atom stereocenters. The number of carbonyl (C=O) groups excluding carboxylic acids is 1. The molecule has 6 nitrogen and oxygen atoms in total. The Morgan fingerprint density at radius 3 is 3.10 bits per heavy atom. The summed E-state index contributed by atoms with van der Waals surface area (Å²) in [5, 5.41) is 3.14. The maximum absolute atomic E-state index is 12.0. The third-order valence-electron chi connectivity index (χ3n) is 4.07. The predicted molar refractivity (Wildman–Crippen MR) is 74.4 cm³/mol. The summed E-state index contributed by atoms with van der Waals surface area (Å²) in [5.74, 6) is 1.23. The van der Waals surface area contributed by atoms with Crippen molar-refractivity contribution in [2.45, 2.75) is 31.8 Å². The molecule has 0 bridgehead atoms. The highest BCUT2D eigenvalue weighted by atomic mass is 16.5. The Hall–Kier alpha value is -1.40. The van der Waals surface area contributed by atoms with Gasteiger partial charge in [0.15, 0.2) is 0 Å². The third kappa shape index (κ3) is 3.37. The molecule has 0 aliphatic carbocycles. The maximum Gasteiger partial charge on any atom is 0.221 e. The summed E-state index contributed by atoms with van der Waals surface area (Å²) < 4.78 is 7.47. The lowest BCUT2D eigenvalue weighted by Crippen LogP contribution is -2.43. The van der Waals surface area contributed by atoms with E-state index in [-0.39, 0.29) is 11.9 Å². The molecule has 2 aliphatic heterocycles. The van der Waals surface area contributed by atoms with Gasteiger partial charge < -0.3 is 14.6 Å². The molecule has 1 fully saturated rings. The zero-order chi connectivity index (χ0) is 13.8. The van der Waals surface area contributed by atoms with Gasteiger partial charge in [-0.05, 0) is 6.42 Å². The predicted octanol–water partition coefficient (Wildman–Crippen LogP) is 0.0364. The number of aryl methyl sites for hydroxylation is 1. The van der Waals surface area contributed by atoms with Crippen molar-refractivity contribution in [3.05, 3.63) is 18.2 Å². The smallest absolute Gasteiger partial charge is 0.221 e. The van der Waals surface area contributed by atoms with Crippen LogP contribution in [0.1, 0.15) is 18.7 Å². The molecule has 0 aromatic carbocycles. The highest BCUT2D eigenvalue weighted by molar-refractivity contribution is 5.76. The second kappa shape index (κ2) is 6.37. The van der Waals surface area contributed by atoms with Crippen molar-refractivity contribution in [1.29, 1.82) is 0 Å². The first-order valence-electron chi connectivity index (χ1n) is 7.41. The summed E-state index contributed by atoms with van der Waals surface area (Å²) in [5.41, 5.74) is 0. The van der Waals surface area contributed by atoms with Crippen molar-refractivity contribution in [3.63, 3.8) is 0 Å². The number of aromatic nitrogens is 2. The number of morpholine rings is 1.